The Morgan fingerprint density at radius 1 is 1.19 bits per heavy atom. The number of carbonyl (C=O) groups is 1. The molecule has 1 saturated carbocycles. The van der Waals surface area contributed by atoms with Crippen LogP contribution in [0.1, 0.15) is 39.5 Å². The predicted molar refractivity (Wildman–Crippen MR) is 135 cm³/mol. The van der Waals surface area contributed by atoms with Gasteiger partial charge in [-0.25, -0.2) is 9.37 Å². The van der Waals surface area contributed by atoms with Gasteiger partial charge in [0.15, 0.2) is 5.65 Å². The highest BCUT2D eigenvalue weighted by Crippen LogP contribution is 2.39. The number of hydrogen-bond donors (Lipinski definition) is 2. The van der Waals surface area contributed by atoms with Crippen LogP contribution in [-0.4, -0.2) is 58.4 Å². The average molecular weight is 517 g/mol. The molecule has 192 valence electrons. The summed E-state index contributed by atoms with van der Waals surface area (Å²) in [5.41, 5.74) is 1.87. The van der Waals surface area contributed by atoms with E-state index < -0.39 is 11.4 Å². The first kappa shape index (κ1) is 24.8. The maximum absolute atomic E-state index is 14.9. The molecule has 0 amide bonds. The minimum absolute atomic E-state index is 0.0526. The lowest BCUT2D eigenvalue weighted by atomic mass is 9.70. The Kier molecular flexibility index (Phi) is 6.78. The molecule has 0 bridgehead atoms. The topological polar surface area (TPSA) is 101 Å². The van der Waals surface area contributed by atoms with Gasteiger partial charge in [-0.2, -0.15) is 4.98 Å². The van der Waals surface area contributed by atoms with Crippen LogP contribution in [0.2, 0.25) is 5.02 Å². The summed E-state index contributed by atoms with van der Waals surface area (Å²) < 4.78 is 26.4. The number of benzene rings is 1. The highest BCUT2D eigenvalue weighted by atomic mass is 35.5. The van der Waals surface area contributed by atoms with Crippen molar-refractivity contribution in [2.24, 2.45) is 11.3 Å². The lowest BCUT2D eigenvalue weighted by Gasteiger charge is -2.36. The van der Waals surface area contributed by atoms with Crippen LogP contribution < -0.4 is 9.64 Å². The molecule has 3 heterocycles. The Morgan fingerprint density at radius 2 is 1.92 bits per heavy atom. The van der Waals surface area contributed by atoms with Gasteiger partial charge >= 0.3 is 5.97 Å². The number of carboxylic acid groups (broad SMARTS) is 1. The number of anilines is 1. The van der Waals surface area contributed by atoms with E-state index in [2.05, 4.69) is 15.0 Å². The molecule has 2 N–H and O–H groups in total. The van der Waals surface area contributed by atoms with Gasteiger partial charge in [0.2, 0.25) is 0 Å². The molecule has 2 fully saturated rings. The number of hydrogen-bond acceptors (Lipinski definition) is 6. The molecule has 0 spiro atoms. The van der Waals surface area contributed by atoms with Gasteiger partial charge in [0.05, 0.1) is 40.5 Å². The molecule has 1 aliphatic heterocycles. The zero-order valence-corrected chi connectivity index (χ0v) is 21.1. The summed E-state index contributed by atoms with van der Waals surface area (Å²) >= 11 is 6.52. The number of ether oxygens (including phenoxy) is 2. The first-order valence-corrected chi connectivity index (χ1v) is 12.7. The molecule has 8 nitrogen and oxygen atoms in total. The van der Waals surface area contributed by atoms with Crippen LogP contribution >= 0.6 is 11.6 Å². The molecule has 0 unspecified atom stereocenters. The second-order valence-electron chi connectivity index (χ2n) is 10.1. The van der Waals surface area contributed by atoms with Crippen LogP contribution in [0.25, 0.3) is 22.4 Å². The van der Waals surface area contributed by atoms with Crippen LogP contribution in [0.4, 0.5) is 10.1 Å². The number of fused-ring (bicyclic) bond motifs is 1. The third-order valence-electron chi connectivity index (χ3n) is 7.50. The molecule has 10 heteroatoms. The molecule has 0 radical (unpaired) electrons. The van der Waals surface area contributed by atoms with E-state index in [0.717, 1.165) is 25.7 Å². The van der Waals surface area contributed by atoms with Crippen molar-refractivity contribution in [3.8, 4) is 17.3 Å². The minimum atomic E-state index is -0.765. The number of halogens is 2. The number of imidazole rings is 1. The zero-order valence-electron chi connectivity index (χ0n) is 20.4. The number of aromatic nitrogens is 3. The molecule has 1 saturated heterocycles. The summed E-state index contributed by atoms with van der Waals surface area (Å²) in [6, 6.07) is 7.08. The van der Waals surface area contributed by atoms with Crippen LogP contribution in [-0.2, 0) is 9.53 Å². The van der Waals surface area contributed by atoms with Crippen molar-refractivity contribution in [2.45, 2.75) is 45.6 Å². The van der Waals surface area contributed by atoms with Crippen LogP contribution in [0.5, 0.6) is 6.01 Å². The van der Waals surface area contributed by atoms with E-state index in [0.29, 0.717) is 65.4 Å². The van der Waals surface area contributed by atoms with Gasteiger partial charge < -0.3 is 24.5 Å². The second kappa shape index (κ2) is 9.86. The Hall–Kier alpha value is -2.91. The number of nitrogens with one attached hydrogen (secondary N) is 1. The SMILES string of the molecule is CC(C)(C(=O)O)[C@H]1CC[C@H](Oc2nc3nc(-c4ccc(N5CCOCC5)c(F)c4)c(Cl)cc3[nH]2)CC1. The molecule has 2 aliphatic rings. The number of aliphatic carboxylic acids is 1. The normalized spacial score (nSPS) is 21.1. The van der Waals surface area contributed by atoms with Gasteiger partial charge in [-0.3, -0.25) is 4.79 Å². The van der Waals surface area contributed by atoms with Crippen LogP contribution in [0.15, 0.2) is 24.3 Å². The molecule has 0 atom stereocenters. The van der Waals surface area contributed by atoms with E-state index in [9.17, 15) is 14.3 Å². The smallest absolute Gasteiger partial charge is 0.309 e. The fourth-order valence-corrected chi connectivity index (χ4v) is 5.36. The molecular formula is C26H30ClFN4O4. The molecule has 1 aliphatic carbocycles. The summed E-state index contributed by atoms with van der Waals surface area (Å²) in [4.78, 5) is 25.7. The Labute approximate surface area is 213 Å². The number of aromatic amines is 1. The molecular weight excluding hydrogens is 487 g/mol. The molecule has 5 rings (SSSR count). The van der Waals surface area contributed by atoms with Gasteiger partial charge in [0.25, 0.3) is 6.01 Å². The molecule has 2 aromatic heterocycles. The van der Waals surface area contributed by atoms with Crippen LogP contribution in [0.3, 0.4) is 0 Å². The zero-order chi connectivity index (χ0) is 25.4. The van der Waals surface area contributed by atoms with Gasteiger partial charge in [-0.1, -0.05) is 17.7 Å². The fourth-order valence-electron chi connectivity index (χ4n) is 5.10. The number of nitrogens with zero attached hydrogens (tertiary/aromatic N) is 3. The van der Waals surface area contributed by atoms with Gasteiger partial charge in [0.1, 0.15) is 11.9 Å². The summed E-state index contributed by atoms with van der Waals surface area (Å²) in [6.45, 7) is 6.03. The van der Waals surface area contributed by atoms with Gasteiger partial charge in [-0.05, 0) is 63.6 Å². The van der Waals surface area contributed by atoms with Crippen molar-refractivity contribution in [3.63, 3.8) is 0 Å². The Bertz CT molecular complexity index is 1270. The van der Waals surface area contributed by atoms with Gasteiger partial charge in [0, 0.05) is 18.7 Å². The van der Waals surface area contributed by atoms with Crippen molar-refractivity contribution in [1.82, 2.24) is 15.0 Å². The van der Waals surface area contributed by atoms with Crippen molar-refractivity contribution < 1.29 is 23.8 Å². The highest BCUT2D eigenvalue weighted by molar-refractivity contribution is 6.33. The number of morpholine rings is 1. The third kappa shape index (κ3) is 4.86. The standard InChI is InChI=1S/C26H30ClFN4O4/c1-26(2,24(33)34)16-4-6-17(7-5-16)36-25-29-20-14-18(27)22(30-23(20)31-25)15-3-8-21(19(28)13-15)32-9-11-35-12-10-32/h3,8,13-14,16-17H,4-7,9-12H2,1-2H3,(H,33,34)(H,29,30,31)/t16-,17-. The van der Waals surface area contributed by atoms with E-state index in [4.69, 9.17) is 21.1 Å². The lowest BCUT2D eigenvalue weighted by Crippen LogP contribution is -2.37. The number of H-pyrrole nitrogens is 1. The van der Waals surface area contributed by atoms with Crippen molar-refractivity contribution in [1.29, 1.82) is 0 Å². The van der Waals surface area contributed by atoms with E-state index in [1.54, 1.807) is 26.0 Å². The monoisotopic (exact) mass is 516 g/mol. The maximum atomic E-state index is 14.9. The molecule has 3 aromatic rings. The van der Waals surface area contributed by atoms with E-state index >= 15 is 0 Å². The third-order valence-corrected chi connectivity index (χ3v) is 7.79. The molecule has 1 aromatic carbocycles. The Balaban J connectivity index is 1.31. The fraction of sp³-hybridized carbons (Fsp3) is 0.500. The number of carboxylic acids is 1. The first-order chi connectivity index (χ1) is 17.2. The Morgan fingerprint density at radius 3 is 2.58 bits per heavy atom. The lowest BCUT2D eigenvalue weighted by molar-refractivity contribution is -0.151. The second-order valence-corrected chi connectivity index (χ2v) is 10.5. The number of rotatable bonds is 6. The average Bonchev–Trinajstić information content (AvgIpc) is 3.25. The van der Waals surface area contributed by atoms with E-state index in [1.807, 2.05) is 11.0 Å². The maximum Gasteiger partial charge on any atom is 0.309 e. The largest absolute Gasteiger partial charge is 0.481 e. The van der Waals surface area contributed by atoms with Crippen molar-refractivity contribution in [2.75, 3.05) is 31.2 Å². The molecule has 36 heavy (non-hydrogen) atoms. The quantitative estimate of drug-likeness (QED) is 0.458. The highest BCUT2D eigenvalue weighted by Gasteiger charge is 2.39. The van der Waals surface area contributed by atoms with E-state index in [1.165, 1.54) is 6.07 Å². The summed E-state index contributed by atoms with van der Waals surface area (Å²) in [5, 5.41) is 9.88. The van der Waals surface area contributed by atoms with Crippen molar-refractivity contribution >= 4 is 34.4 Å². The predicted octanol–water partition coefficient (Wildman–Crippen LogP) is 5.30. The summed E-state index contributed by atoms with van der Waals surface area (Å²) in [7, 11) is 0. The summed E-state index contributed by atoms with van der Waals surface area (Å²) in [5.74, 6) is -0.984. The number of pyridine rings is 1. The summed E-state index contributed by atoms with van der Waals surface area (Å²) in [6.07, 6.45) is 3.02. The van der Waals surface area contributed by atoms with Crippen molar-refractivity contribution in [3.05, 3.63) is 35.1 Å². The first-order valence-electron chi connectivity index (χ1n) is 12.3. The van der Waals surface area contributed by atoms with E-state index in [-0.39, 0.29) is 17.8 Å². The van der Waals surface area contributed by atoms with Crippen LogP contribution in [0, 0.1) is 17.2 Å². The minimum Gasteiger partial charge on any atom is -0.481 e. The van der Waals surface area contributed by atoms with Gasteiger partial charge in [-0.15, -0.1) is 0 Å².